The van der Waals surface area contributed by atoms with Crippen LogP contribution in [0.25, 0.3) is 0 Å². The number of carbonyl (C=O) groups excluding carboxylic acids is 1. The maximum Gasteiger partial charge on any atom is 0.224 e. The van der Waals surface area contributed by atoms with Crippen molar-refractivity contribution in [2.24, 2.45) is 11.1 Å². The highest BCUT2D eigenvalue weighted by atomic mass is 35.5. The highest BCUT2D eigenvalue weighted by Crippen LogP contribution is 2.18. The molecule has 4 heteroatoms. The molecule has 0 radical (unpaired) electrons. The number of nitrogens with two attached hydrogens (primary N) is 1. The van der Waals surface area contributed by atoms with Crippen LogP contribution in [0.3, 0.4) is 0 Å². The van der Waals surface area contributed by atoms with Crippen molar-refractivity contribution in [1.82, 2.24) is 5.32 Å². The van der Waals surface area contributed by atoms with Crippen LogP contribution in [0.1, 0.15) is 32.4 Å². The fourth-order valence-electron chi connectivity index (χ4n) is 1.36. The van der Waals surface area contributed by atoms with Gasteiger partial charge in [0.25, 0.3) is 0 Å². The standard InChI is InChI=1S/C13H19ClN2O/c1-9(10-4-6-11(14)7-5-10)16-8-13(2,3)12(15)17/h4-7,9,16H,8H2,1-3H3,(H2,15,17)/t9-/m1/s1. The average molecular weight is 255 g/mol. The molecule has 1 rings (SSSR count). The molecule has 0 bridgehead atoms. The van der Waals surface area contributed by atoms with Crippen LogP contribution in [0.2, 0.25) is 5.02 Å². The maximum atomic E-state index is 11.2. The zero-order valence-electron chi connectivity index (χ0n) is 10.5. The van der Waals surface area contributed by atoms with E-state index in [0.717, 1.165) is 10.6 Å². The van der Waals surface area contributed by atoms with Crippen LogP contribution in [0.5, 0.6) is 0 Å². The predicted octanol–water partition coefficient (Wildman–Crippen LogP) is 2.50. The third-order valence-electron chi connectivity index (χ3n) is 2.89. The molecule has 94 valence electrons. The summed E-state index contributed by atoms with van der Waals surface area (Å²) < 4.78 is 0. The van der Waals surface area contributed by atoms with Gasteiger partial charge in [-0.05, 0) is 38.5 Å². The van der Waals surface area contributed by atoms with E-state index in [1.54, 1.807) is 0 Å². The Morgan fingerprint density at radius 2 is 1.94 bits per heavy atom. The number of rotatable bonds is 5. The van der Waals surface area contributed by atoms with Crippen LogP contribution in [0, 0.1) is 5.41 Å². The second-order valence-electron chi connectivity index (χ2n) is 4.90. The Hall–Kier alpha value is -1.06. The number of hydrogen-bond acceptors (Lipinski definition) is 2. The van der Waals surface area contributed by atoms with E-state index in [1.165, 1.54) is 0 Å². The summed E-state index contributed by atoms with van der Waals surface area (Å²) in [6.07, 6.45) is 0. The molecular formula is C13H19ClN2O. The fraction of sp³-hybridized carbons (Fsp3) is 0.462. The highest BCUT2D eigenvalue weighted by Gasteiger charge is 2.25. The minimum Gasteiger partial charge on any atom is -0.369 e. The summed E-state index contributed by atoms with van der Waals surface area (Å²) in [4.78, 5) is 11.2. The highest BCUT2D eigenvalue weighted by molar-refractivity contribution is 6.30. The molecule has 0 aliphatic heterocycles. The first-order valence-electron chi connectivity index (χ1n) is 5.61. The molecule has 1 atom stereocenters. The number of hydrogen-bond donors (Lipinski definition) is 2. The zero-order valence-corrected chi connectivity index (χ0v) is 11.2. The Labute approximate surface area is 107 Å². The lowest BCUT2D eigenvalue weighted by atomic mass is 9.92. The summed E-state index contributed by atoms with van der Waals surface area (Å²) in [7, 11) is 0. The average Bonchev–Trinajstić information content (AvgIpc) is 2.27. The molecule has 0 saturated carbocycles. The van der Waals surface area contributed by atoms with E-state index in [0.29, 0.717) is 6.54 Å². The molecule has 3 nitrogen and oxygen atoms in total. The Bertz CT molecular complexity index is 387. The first-order chi connectivity index (χ1) is 7.83. The first-order valence-corrected chi connectivity index (χ1v) is 5.99. The largest absolute Gasteiger partial charge is 0.369 e. The van der Waals surface area contributed by atoms with Crippen molar-refractivity contribution in [2.75, 3.05) is 6.54 Å². The summed E-state index contributed by atoms with van der Waals surface area (Å²) in [5.74, 6) is -0.298. The van der Waals surface area contributed by atoms with E-state index in [2.05, 4.69) is 5.32 Å². The van der Waals surface area contributed by atoms with Gasteiger partial charge in [-0.25, -0.2) is 0 Å². The monoisotopic (exact) mass is 254 g/mol. The van der Waals surface area contributed by atoms with Gasteiger partial charge in [0.1, 0.15) is 0 Å². The van der Waals surface area contributed by atoms with E-state index >= 15 is 0 Å². The van der Waals surface area contributed by atoms with E-state index < -0.39 is 5.41 Å². The molecule has 1 aromatic carbocycles. The van der Waals surface area contributed by atoms with E-state index in [1.807, 2.05) is 45.0 Å². The molecule has 1 aromatic rings. The van der Waals surface area contributed by atoms with Gasteiger partial charge in [-0.1, -0.05) is 23.7 Å². The molecule has 0 aliphatic rings. The molecule has 0 fully saturated rings. The Morgan fingerprint density at radius 1 is 1.41 bits per heavy atom. The van der Waals surface area contributed by atoms with Crippen LogP contribution in [-0.4, -0.2) is 12.5 Å². The van der Waals surface area contributed by atoms with E-state index in [9.17, 15) is 4.79 Å². The molecule has 0 saturated heterocycles. The maximum absolute atomic E-state index is 11.2. The minimum absolute atomic E-state index is 0.158. The molecular weight excluding hydrogens is 236 g/mol. The van der Waals surface area contributed by atoms with Crippen LogP contribution < -0.4 is 11.1 Å². The van der Waals surface area contributed by atoms with Gasteiger partial charge >= 0.3 is 0 Å². The van der Waals surface area contributed by atoms with Gasteiger partial charge in [0.05, 0.1) is 5.41 Å². The number of amides is 1. The van der Waals surface area contributed by atoms with Crippen molar-refractivity contribution in [3.05, 3.63) is 34.9 Å². The second kappa shape index (κ2) is 5.52. The first kappa shape index (κ1) is 14.0. The summed E-state index contributed by atoms with van der Waals surface area (Å²) in [6.45, 7) is 6.25. The number of halogens is 1. The quantitative estimate of drug-likeness (QED) is 0.848. The summed E-state index contributed by atoms with van der Waals surface area (Å²) in [6, 6.07) is 7.81. The number of primary amides is 1. The van der Waals surface area contributed by atoms with Crippen molar-refractivity contribution < 1.29 is 4.79 Å². The van der Waals surface area contributed by atoms with Gasteiger partial charge in [-0.2, -0.15) is 0 Å². The van der Waals surface area contributed by atoms with Crippen molar-refractivity contribution in [2.45, 2.75) is 26.8 Å². The van der Waals surface area contributed by atoms with Crippen molar-refractivity contribution >= 4 is 17.5 Å². The molecule has 0 aromatic heterocycles. The van der Waals surface area contributed by atoms with Crippen molar-refractivity contribution in [1.29, 1.82) is 0 Å². The van der Waals surface area contributed by atoms with Crippen LogP contribution in [-0.2, 0) is 4.79 Å². The summed E-state index contributed by atoms with van der Waals surface area (Å²) >= 11 is 5.83. The van der Waals surface area contributed by atoms with Gasteiger partial charge in [-0.15, -0.1) is 0 Å². The number of benzene rings is 1. The van der Waals surface area contributed by atoms with Gasteiger partial charge in [0.15, 0.2) is 0 Å². The molecule has 3 N–H and O–H groups in total. The minimum atomic E-state index is -0.541. The van der Waals surface area contributed by atoms with Crippen LogP contribution in [0.4, 0.5) is 0 Å². The van der Waals surface area contributed by atoms with Crippen molar-refractivity contribution in [3.8, 4) is 0 Å². The Morgan fingerprint density at radius 3 is 2.41 bits per heavy atom. The zero-order chi connectivity index (χ0) is 13.1. The smallest absolute Gasteiger partial charge is 0.224 e. The lowest BCUT2D eigenvalue weighted by Crippen LogP contribution is -2.41. The Kier molecular flexibility index (Phi) is 4.54. The van der Waals surface area contributed by atoms with Crippen LogP contribution >= 0.6 is 11.6 Å². The third kappa shape index (κ3) is 4.02. The van der Waals surface area contributed by atoms with Crippen molar-refractivity contribution in [3.63, 3.8) is 0 Å². The lowest BCUT2D eigenvalue weighted by molar-refractivity contribution is -0.125. The third-order valence-corrected chi connectivity index (χ3v) is 3.14. The van der Waals surface area contributed by atoms with Crippen LogP contribution in [0.15, 0.2) is 24.3 Å². The predicted molar refractivity (Wildman–Crippen MR) is 70.8 cm³/mol. The van der Waals surface area contributed by atoms with Gasteiger partial charge < -0.3 is 11.1 Å². The SMILES string of the molecule is C[C@@H](NCC(C)(C)C(N)=O)c1ccc(Cl)cc1. The molecule has 0 unspecified atom stereocenters. The molecule has 1 amide bonds. The molecule has 0 spiro atoms. The molecule has 0 heterocycles. The lowest BCUT2D eigenvalue weighted by Gasteiger charge is -2.24. The Balaban J connectivity index is 2.58. The number of carbonyl (C=O) groups is 1. The van der Waals surface area contributed by atoms with Gasteiger partial charge in [0.2, 0.25) is 5.91 Å². The second-order valence-corrected chi connectivity index (χ2v) is 5.34. The van der Waals surface area contributed by atoms with Gasteiger partial charge in [-0.3, -0.25) is 4.79 Å². The number of nitrogens with one attached hydrogen (secondary N) is 1. The summed E-state index contributed by atoms with van der Waals surface area (Å²) in [5.41, 5.74) is 5.91. The van der Waals surface area contributed by atoms with E-state index in [-0.39, 0.29) is 11.9 Å². The van der Waals surface area contributed by atoms with E-state index in [4.69, 9.17) is 17.3 Å². The topological polar surface area (TPSA) is 55.1 Å². The van der Waals surface area contributed by atoms with Gasteiger partial charge in [0, 0.05) is 17.6 Å². The molecule has 0 aliphatic carbocycles. The summed E-state index contributed by atoms with van der Waals surface area (Å²) in [5, 5.41) is 4.02. The normalized spacial score (nSPS) is 13.4. The molecule has 17 heavy (non-hydrogen) atoms. The fourth-order valence-corrected chi connectivity index (χ4v) is 1.49.